The zero-order valence-corrected chi connectivity index (χ0v) is 11.1. The molecule has 2 aromatic heterocycles. The highest BCUT2D eigenvalue weighted by Crippen LogP contribution is 2.31. The lowest BCUT2D eigenvalue weighted by atomic mass is 10.1. The molecule has 0 spiro atoms. The zero-order valence-electron chi connectivity index (χ0n) is 10.3. The molecule has 0 fully saturated rings. The van der Waals surface area contributed by atoms with Gasteiger partial charge in [-0.25, -0.2) is 10.8 Å². The molecule has 3 aromatic rings. The Hall–Kier alpha value is -2.69. The Bertz CT molecular complexity index is 886. The van der Waals surface area contributed by atoms with Gasteiger partial charge in [-0.05, 0) is 18.3 Å². The number of hydrogen-bond acceptors (Lipinski definition) is 5. The van der Waals surface area contributed by atoms with Crippen LogP contribution in [0.25, 0.3) is 22.2 Å². The second kappa shape index (κ2) is 4.77. The number of para-hydroxylation sites is 1. The van der Waals surface area contributed by atoms with Crippen LogP contribution in [0, 0.1) is 16.1 Å². The van der Waals surface area contributed by atoms with E-state index in [0.29, 0.717) is 11.3 Å². The number of nitrogens with two attached hydrogens (primary N) is 1. The molecule has 6 nitrogen and oxygen atoms in total. The number of rotatable bonds is 2. The number of nitrogens with one attached hydrogen (secondary N) is 3. The third-order valence-electron chi connectivity index (χ3n) is 3.04. The largest absolute Gasteiger partial charge is 0.360 e. The Balaban J connectivity index is 2.37. The summed E-state index contributed by atoms with van der Waals surface area (Å²) < 4.78 is 0.261. The van der Waals surface area contributed by atoms with Gasteiger partial charge in [-0.1, -0.05) is 18.2 Å². The normalized spacial score (nSPS) is 10.4. The average Bonchev–Trinajstić information content (AvgIpc) is 2.90. The summed E-state index contributed by atoms with van der Waals surface area (Å²) in [5.74, 6) is 5.66. The second-order valence-corrected chi connectivity index (χ2v) is 4.53. The summed E-state index contributed by atoms with van der Waals surface area (Å²) in [7, 11) is 0. The Morgan fingerprint density at radius 2 is 2.15 bits per heavy atom. The number of benzene rings is 1. The lowest BCUT2D eigenvalue weighted by molar-refractivity contribution is 1.10. The number of anilines is 1. The van der Waals surface area contributed by atoms with Crippen LogP contribution in [0.1, 0.15) is 5.56 Å². The third-order valence-corrected chi connectivity index (χ3v) is 3.23. The van der Waals surface area contributed by atoms with Crippen LogP contribution in [0.4, 0.5) is 5.82 Å². The number of aromatic amines is 2. The van der Waals surface area contributed by atoms with E-state index in [2.05, 4.69) is 26.4 Å². The number of hydrazine groups is 1. The van der Waals surface area contributed by atoms with E-state index in [1.165, 1.54) is 0 Å². The van der Waals surface area contributed by atoms with Crippen LogP contribution in [0.15, 0.2) is 30.5 Å². The van der Waals surface area contributed by atoms with Crippen molar-refractivity contribution in [2.45, 2.75) is 0 Å². The number of nitrogens with zero attached hydrogens (tertiary/aromatic N) is 2. The SMILES string of the molecule is N#Cc1c(NN)nc(=S)[nH]c1-c1c[nH]c2ccccc12. The van der Waals surface area contributed by atoms with E-state index in [1.54, 1.807) is 0 Å². The van der Waals surface area contributed by atoms with E-state index >= 15 is 0 Å². The molecular weight excluding hydrogens is 272 g/mol. The summed E-state index contributed by atoms with van der Waals surface area (Å²) in [6.45, 7) is 0. The van der Waals surface area contributed by atoms with Crippen molar-refractivity contribution in [1.29, 1.82) is 5.26 Å². The molecule has 1 aromatic carbocycles. The summed E-state index contributed by atoms with van der Waals surface area (Å²) in [5, 5.41) is 10.3. The maximum Gasteiger partial charge on any atom is 0.199 e. The molecule has 0 aliphatic heterocycles. The van der Waals surface area contributed by atoms with Crippen molar-refractivity contribution >= 4 is 28.9 Å². The van der Waals surface area contributed by atoms with Crippen molar-refractivity contribution in [1.82, 2.24) is 15.0 Å². The molecule has 20 heavy (non-hydrogen) atoms. The van der Waals surface area contributed by atoms with Crippen molar-refractivity contribution in [2.24, 2.45) is 5.84 Å². The van der Waals surface area contributed by atoms with Crippen molar-refractivity contribution in [2.75, 3.05) is 5.43 Å². The number of nitrogen functional groups attached to an aromatic ring is 1. The highest BCUT2D eigenvalue weighted by molar-refractivity contribution is 7.71. The topological polar surface area (TPSA) is 106 Å². The molecule has 0 aliphatic rings. The van der Waals surface area contributed by atoms with Crippen LogP contribution in [0.3, 0.4) is 0 Å². The quantitative estimate of drug-likeness (QED) is 0.328. The maximum absolute atomic E-state index is 9.34. The smallest absolute Gasteiger partial charge is 0.199 e. The summed E-state index contributed by atoms with van der Waals surface area (Å²) in [5.41, 5.74) is 5.15. The van der Waals surface area contributed by atoms with E-state index in [9.17, 15) is 5.26 Å². The van der Waals surface area contributed by atoms with Gasteiger partial charge in [-0.3, -0.25) is 0 Å². The van der Waals surface area contributed by atoms with Gasteiger partial charge in [-0.2, -0.15) is 5.26 Å². The Morgan fingerprint density at radius 1 is 1.35 bits per heavy atom. The standard InChI is InChI=1S/C13H10N6S/c14-5-8-11(17-13(20)18-12(8)19-15)9-6-16-10-4-2-1-3-7(9)10/h1-4,6,16H,15H2,(H2,17,18,19,20). The fraction of sp³-hybridized carbons (Fsp3) is 0. The van der Waals surface area contributed by atoms with E-state index < -0.39 is 0 Å². The molecule has 0 bridgehead atoms. The van der Waals surface area contributed by atoms with Gasteiger partial charge < -0.3 is 15.4 Å². The number of aromatic nitrogens is 3. The molecule has 0 radical (unpaired) electrons. The highest BCUT2D eigenvalue weighted by Gasteiger charge is 2.15. The van der Waals surface area contributed by atoms with Gasteiger partial charge in [0.1, 0.15) is 11.6 Å². The van der Waals surface area contributed by atoms with E-state index in [4.69, 9.17) is 18.1 Å². The second-order valence-electron chi connectivity index (χ2n) is 4.14. The molecule has 0 aliphatic carbocycles. The third kappa shape index (κ3) is 1.84. The van der Waals surface area contributed by atoms with Gasteiger partial charge in [0.25, 0.3) is 0 Å². The number of H-pyrrole nitrogens is 2. The molecule has 0 saturated carbocycles. The van der Waals surface area contributed by atoms with Gasteiger partial charge in [-0.15, -0.1) is 0 Å². The van der Waals surface area contributed by atoms with Gasteiger partial charge in [0.15, 0.2) is 10.6 Å². The van der Waals surface area contributed by atoms with E-state index in [-0.39, 0.29) is 10.6 Å². The predicted molar refractivity (Wildman–Crippen MR) is 79.2 cm³/mol. The summed E-state index contributed by atoms with van der Waals surface area (Å²) in [6, 6.07) is 9.90. The van der Waals surface area contributed by atoms with E-state index in [0.717, 1.165) is 16.5 Å². The summed E-state index contributed by atoms with van der Waals surface area (Å²) in [6.07, 6.45) is 1.83. The highest BCUT2D eigenvalue weighted by atomic mass is 32.1. The molecule has 0 unspecified atom stereocenters. The Labute approximate surface area is 119 Å². The average molecular weight is 282 g/mol. The van der Waals surface area contributed by atoms with Crippen molar-refractivity contribution < 1.29 is 0 Å². The molecule has 0 atom stereocenters. The molecule has 98 valence electrons. The first-order chi connectivity index (χ1) is 9.74. The van der Waals surface area contributed by atoms with Crippen LogP contribution in [-0.2, 0) is 0 Å². The van der Waals surface area contributed by atoms with Crippen LogP contribution in [-0.4, -0.2) is 15.0 Å². The molecule has 0 saturated heterocycles. The van der Waals surface area contributed by atoms with Crippen molar-refractivity contribution in [3.05, 3.63) is 40.8 Å². The minimum Gasteiger partial charge on any atom is -0.360 e. The van der Waals surface area contributed by atoms with Crippen molar-refractivity contribution in [3.8, 4) is 17.3 Å². The Kier molecular flexibility index (Phi) is 2.95. The van der Waals surface area contributed by atoms with Gasteiger partial charge in [0, 0.05) is 22.7 Å². The van der Waals surface area contributed by atoms with Crippen molar-refractivity contribution in [3.63, 3.8) is 0 Å². The van der Waals surface area contributed by atoms with Crippen LogP contribution < -0.4 is 11.3 Å². The molecular formula is C13H10N6S. The van der Waals surface area contributed by atoms with Gasteiger partial charge in [0.2, 0.25) is 0 Å². The number of nitriles is 1. The van der Waals surface area contributed by atoms with E-state index in [1.807, 2.05) is 30.5 Å². The molecule has 3 rings (SSSR count). The lowest BCUT2D eigenvalue weighted by Crippen LogP contribution is -2.12. The first-order valence-electron chi connectivity index (χ1n) is 5.82. The van der Waals surface area contributed by atoms with Gasteiger partial charge in [0.05, 0.1) is 5.69 Å². The molecule has 5 N–H and O–H groups in total. The number of hydrogen-bond donors (Lipinski definition) is 4. The first kappa shape index (κ1) is 12.3. The summed E-state index contributed by atoms with van der Waals surface area (Å²) >= 11 is 5.08. The predicted octanol–water partition coefficient (Wildman–Crippen LogP) is 2.44. The summed E-state index contributed by atoms with van der Waals surface area (Å²) in [4.78, 5) is 10.1. The lowest BCUT2D eigenvalue weighted by Gasteiger charge is -2.07. The molecule has 7 heteroatoms. The minimum absolute atomic E-state index is 0.261. The first-order valence-corrected chi connectivity index (χ1v) is 6.23. The maximum atomic E-state index is 9.34. The monoisotopic (exact) mass is 282 g/mol. The van der Waals surface area contributed by atoms with Crippen LogP contribution >= 0.6 is 12.2 Å². The van der Waals surface area contributed by atoms with Crippen LogP contribution in [0.5, 0.6) is 0 Å². The fourth-order valence-electron chi connectivity index (χ4n) is 2.17. The van der Waals surface area contributed by atoms with Crippen LogP contribution in [0.2, 0.25) is 0 Å². The zero-order chi connectivity index (χ0) is 14.1. The van der Waals surface area contributed by atoms with Gasteiger partial charge >= 0.3 is 0 Å². The molecule has 2 heterocycles. The minimum atomic E-state index is 0.261. The fourth-order valence-corrected chi connectivity index (χ4v) is 2.36. The number of fused-ring (bicyclic) bond motifs is 1. The molecule has 0 amide bonds. The Morgan fingerprint density at radius 3 is 2.90 bits per heavy atom.